The lowest BCUT2D eigenvalue weighted by Crippen LogP contribution is -2.29. The van der Waals surface area contributed by atoms with Crippen molar-refractivity contribution < 1.29 is 19.0 Å². The highest BCUT2D eigenvalue weighted by Crippen LogP contribution is 2.49. The molecule has 78 valence electrons. The maximum Gasteiger partial charge on any atom is 0.169 e. The van der Waals surface area contributed by atoms with Gasteiger partial charge in [-0.3, -0.25) is 0 Å². The molecule has 3 fully saturated rings. The summed E-state index contributed by atoms with van der Waals surface area (Å²) in [6.07, 6.45) is 2.40. The van der Waals surface area contributed by atoms with E-state index >= 15 is 0 Å². The Bertz CT molecular complexity index is 247. The summed E-state index contributed by atoms with van der Waals surface area (Å²) in [6.45, 7) is 2.06. The Morgan fingerprint density at radius 1 is 1.21 bits per heavy atom. The fourth-order valence-corrected chi connectivity index (χ4v) is 2.96. The van der Waals surface area contributed by atoms with Gasteiger partial charge in [0, 0.05) is 18.8 Å². The molecule has 0 aromatic heterocycles. The molecule has 1 aliphatic carbocycles. The van der Waals surface area contributed by atoms with Crippen LogP contribution in [0.1, 0.15) is 12.8 Å². The zero-order valence-electron chi connectivity index (χ0n) is 7.98. The van der Waals surface area contributed by atoms with Gasteiger partial charge in [-0.25, -0.2) is 0 Å². The van der Waals surface area contributed by atoms with E-state index in [1.807, 2.05) is 0 Å². The van der Waals surface area contributed by atoms with Crippen molar-refractivity contribution in [2.75, 3.05) is 19.8 Å². The Hall–Kier alpha value is -0.450. The van der Waals surface area contributed by atoms with Crippen LogP contribution in [0.2, 0.25) is 0 Å². The number of aldehydes is 1. The van der Waals surface area contributed by atoms with E-state index in [0.29, 0.717) is 31.7 Å². The lowest BCUT2D eigenvalue weighted by Gasteiger charge is -2.23. The molecule has 3 aliphatic rings. The SMILES string of the molecule is O=CC1OCC2CC3(CC21)OCCO3. The van der Waals surface area contributed by atoms with Crippen LogP contribution in [0.15, 0.2) is 0 Å². The summed E-state index contributed by atoms with van der Waals surface area (Å²) >= 11 is 0. The van der Waals surface area contributed by atoms with Gasteiger partial charge in [0.1, 0.15) is 12.4 Å². The summed E-state index contributed by atoms with van der Waals surface area (Å²) in [5, 5.41) is 0. The van der Waals surface area contributed by atoms with Crippen molar-refractivity contribution in [3.63, 3.8) is 0 Å². The van der Waals surface area contributed by atoms with Crippen molar-refractivity contribution in [1.29, 1.82) is 0 Å². The van der Waals surface area contributed by atoms with E-state index in [2.05, 4.69) is 0 Å². The Labute approximate surface area is 82.5 Å². The van der Waals surface area contributed by atoms with Gasteiger partial charge in [-0.05, 0) is 5.92 Å². The lowest BCUT2D eigenvalue weighted by molar-refractivity contribution is -0.161. The molecule has 0 N–H and O–H groups in total. The predicted octanol–water partition coefficient (Wildman–Crippen LogP) is 0.353. The molecule has 2 saturated heterocycles. The van der Waals surface area contributed by atoms with Crippen molar-refractivity contribution in [2.24, 2.45) is 11.8 Å². The summed E-state index contributed by atoms with van der Waals surface area (Å²) in [7, 11) is 0. The highest BCUT2D eigenvalue weighted by molar-refractivity contribution is 5.57. The fraction of sp³-hybridized carbons (Fsp3) is 0.900. The van der Waals surface area contributed by atoms with Crippen LogP contribution in [0.25, 0.3) is 0 Å². The van der Waals surface area contributed by atoms with E-state index in [4.69, 9.17) is 14.2 Å². The number of carbonyl (C=O) groups is 1. The molecule has 0 amide bonds. The minimum Gasteiger partial charge on any atom is -0.370 e. The van der Waals surface area contributed by atoms with E-state index < -0.39 is 0 Å². The molecule has 0 aromatic rings. The van der Waals surface area contributed by atoms with Gasteiger partial charge in [0.2, 0.25) is 0 Å². The number of carbonyl (C=O) groups excluding carboxylic acids is 1. The van der Waals surface area contributed by atoms with Gasteiger partial charge in [0.25, 0.3) is 0 Å². The maximum atomic E-state index is 10.7. The van der Waals surface area contributed by atoms with E-state index in [9.17, 15) is 4.79 Å². The third-order valence-electron chi connectivity index (χ3n) is 3.60. The third-order valence-corrected chi connectivity index (χ3v) is 3.60. The standard InChI is InChI=1S/C10H14O4/c11-5-9-8-4-10(13-1-2-14-10)3-7(8)6-12-9/h5,7-9H,1-4,6H2. The molecular formula is C10H14O4. The van der Waals surface area contributed by atoms with Crippen molar-refractivity contribution in [2.45, 2.75) is 24.7 Å². The average Bonchev–Trinajstić information content (AvgIpc) is 2.83. The van der Waals surface area contributed by atoms with Crippen molar-refractivity contribution in [3.05, 3.63) is 0 Å². The second kappa shape index (κ2) is 3.02. The number of fused-ring (bicyclic) bond motifs is 1. The molecule has 1 spiro atoms. The van der Waals surface area contributed by atoms with Crippen LogP contribution in [-0.2, 0) is 19.0 Å². The summed E-state index contributed by atoms with van der Waals surface area (Å²) in [5.41, 5.74) is 0. The monoisotopic (exact) mass is 198 g/mol. The van der Waals surface area contributed by atoms with Crippen molar-refractivity contribution in [3.8, 4) is 0 Å². The van der Waals surface area contributed by atoms with Crippen LogP contribution in [0.4, 0.5) is 0 Å². The summed E-state index contributed by atoms with van der Waals surface area (Å²) < 4.78 is 16.7. The second-order valence-corrected chi connectivity index (χ2v) is 4.37. The van der Waals surface area contributed by atoms with Gasteiger partial charge in [0.15, 0.2) is 5.79 Å². The van der Waals surface area contributed by atoms with E-state index in [1.165, 1.54) is 0 Å². The summed E-state index contributed by atoms with van der Waals surface area (Å²) in [6, 6.07) is 0. The molecule has 4 heteroatoms. The lowest BCUT2D eigenvalue weighted by atomic mass is 9.95. The highest BCUT2D eigenvalue weighted by Gasteiger charge is 2.54. The molecule has 0 radical (unpaired) electrons. The normalized spacial score (nSPS) is 44.4. The average molecular weight is 198 g/mol. The molecule has 0 bridgehead atoms. The molecule has 3 unspecified atom stereocenters. The molecule has 1 saturated carbocycles. The predicted molar refractivity (Wildman–Crippen MR) is 46.7 cm³/mol. The largest absolute Gasteiger partial charge is 0.370 e. The summed E-state index contributed by atoms with van der Waals surface area (Å²) in [4.78, 5) is 10.7. The number of rotatable bonds is 1. The zero-order chi connectivity index (χ0) is 9.60. The zero-order valence-corrected chi connectivity index (χ0v) is 7.98. The Kier molecular flexibility index (Phi) is 1.90. The summed E-state index contributed by atoms with van der Waals surface area (Å²) in [5.74, 6) is 0.384. The molecule has 3 atom stereocenters. The second-order valence-electron chi connectivity index (χ2n) is 4.37. The van der Waals surface area contributed by atoms with Gasteiger partial charge >= 0.3 is 0 Å². The molecule has 14 heavy (non-hydrogen) atoms. The minimum absolute atomic E-state index is 0.229. The van der Waals surface area contributed by atoms with E-state index in [0.717, 1.165) is 19.1 Å². The van der Waals surface area contributed by atoms with Crippen LogP contribution in [0.5, 0.6) is 0 Å². The third kappa shape index (κ3) is 1.14. The molecule has 3 rings (SSSR count). The van der Waals surface area contributed by atoms with E-state index in [-0.39, 0.29) is 11.9 Å². The Morgan fingerprint density at radius 2 is 2.00 bits per heavy atom. The molecular weight excluding hydrogens is 184 g/mol. The minimum atomic E-state index is -0.375. The molecule has 0 aromatic carbocycles. The maximum absolute atomic E-state index is 10.7. The highest BCUT2D eigenvalue weighted by atomic mass is 16.7. The van der Waals surface area contributed by atoms with Crippen molar-refractivity contribution >= 4 is 6.29 Å². The topological polar surface area (TPSA) is 44.8 Å². The fourth-order valence-electron chi connectivity index (χ4n) is 2.96. The van der Waals surface area contributed by atoms with Crippen LogP contribution in [0.3, 0.4) is 0 Å². The number of ether oxygens (including phenoxy) is 3. The molecule has 2 heterocycles. The molecule has 2 aliphatic heterocycles. The van der Waals surface area contributed by atoms with Crippen molar-refractivity contribution in [1.82, 2.24) is 0 Å². The Balaban J connectivity index is 1.77. The quantitative estimate of drug-likeness (QED) is 0.570. The first-order valence-electron chi connectivity index (χ1n) is 5.18. The van der Waals surface area contributed by atoms with Gasteiger partial charge in [0.05, 0.1) is 19.8 Å². The van der Waals surface area contributed by atoms with Crippen LogP contribution in [-0.4, -0.2) is 38.0 Å². The van der Waals surface area contributed by atoms with E-state index in [1.54, 1.807) is 0 Å². The Morgan fingerprint density at radius 3 is 2.71 bits per heavy atom. The first-order chi connectivity index (χ1) is 6.83. The van der Waals surface area contributed by atoms with Crippen LogP contribution in [0, 0.1) is 11.8 Å². The van der Waals surface area contributed by atoms with Crippen LogP contribution >= 0.6 is 0 Å². The van der Waals surface area contributed by atoms with Gasteiger partial charge < -0.3 is 19.0 Å². The van der Waals surface area contributed by atoms with Gasteiger partial charge in [-0.2, -0.15) is 0 Å². The van der Waals surface area contributed by atoms with Crippen LogP contribution < -0.4 is 0 Å². The first kappa shape index (κ1) is 8.83. The number of hydrogen-bond donors (Lipinski definition) is 0. The number of hydrogen-bond acceptors (Lipinski definition) is 4. The van der Waals surface area contributed by atoms with Gasteiger partial charge in [-0.15, -0.1) is 0 Å². The van der Waals surface area contributed by atoms with Gasteiger partial charge in [-0.1, -0.05) is 0 Å². The molecule has 4 nitrogen and oxygen atoms in total. The smallest absolute Gasteiger partial charge is 0.169 e. The first-order valence-corrected chi connectivity index (χ1v) is 5.18.